The second-order valence-corrected chi connectivity index (χ2v) is 4.73. The van der Waals surface area contributed by atoms with E-state index in [0.717, 1.165) is 23.1 Å². The van der Waals surface area contributed by atoms with Gasteiger partial charge in [-0.1, -0.05) is 12.1 Å². The lowest BCUT2D eigenvalue weighted by molar-refractivity contribution is 0.0998. The van der Waals surface area contributed by atoms with Crippen molar-refractivity contribution in [2.24, 2.45) is 0 Å². The number of rotatable bonds is 2. The van der Waals surface area contributed by atoms with Gasteiger partial charge in [0.25, 0.3) is 5.91 Å². The van der Waals surface area contributed by atoms with Gasteiger partial charge in [0.2, 0.25) is 0 Å². The molecule has 21 heavy (non-hydrogen) atoms. The normalized spacial score (nSPS) is 10.8. The van der Waals surface area contributed by atoms with Crippen LogP contribution in [0.1, 0.15) is 16.1 Å². The molecule has 0 aliphatic rings. The summed E-state index contributed by atoms with van der Waals surface area (Å²) in [6.07, 6.45) is 0. The van der Waals surface area contributed by atoms with Crippen molar-refractivity contribution in [3.63, 3.8) is 0 Å². The van der Waals surface area contributed by atoms with Gasteiger partial charge < -0.3 is 9.73 Å². The minimum absolute atomic E-state index is 0.0688. The summed E-state index contributed by atoms with van der Waals surface area (Å²) in [5.41, 5.74) is 1.49. The Kier molecular flexibility index (Phi) is 3.17. The summed E-state index contributed by atoms with van der Waals surface area (Å²) in [5, 5.41) is 3.14. The van der Waals surface area contributed by atoms with Gasteiger partial charge in [-0.2, -0.15) is 0 Å². The Hall–Kier alpha value is -2.69. The van der Waals surface area contributed by atoms with Crippen LogP contribution in [-0.4, -0.2) is 5.91 Å². The van der Waals surface area contributed by atoms with Gasteiger partial charge in [0.15, 0.2) is 5.76 Å². The number of amides is 1. The molecule has 0 aliphatic heterocycles. The number of aryl methyl sites for hydroxylation is 1. The number of hydrogen-bond acceptors (Lipinski definition) is 2. The average Bonchev–Trinajstić information content (AvgIpc) is 2.85. The molecule has 2 aromatic carbocycles. The number of carbonyl (C=O) groups is 1. The maximum Gasteiger partial charge on any atom is 0.291 e. The molecule has 1 amide bonds. The first-order valence-corrected chi connectivity index (χ1v) is 6.29. The van der Waals surface area contributed by atoms with Crippen molar-refractivity contribution in [2.45, 2.75) is 6.92 Å². The molecule has 0 aliphatic carbocycles. The van der Waals surface area contributed by atoms with Gasteiger partial charge in [0, 0.05) is 11.5 Å². The highest BCUT2D eigenvalue weighted by Crippen LogP contribution is 2.22. The molecule has 1 N–H and O–H groups in total. The Bertz CT molecular complexity index is 839. The number of benzene rings is 2. The summed E-state index contributed by atoms with van der Waals surface area (Å²) in [4.78, 5) is 12.0. The summed E-state index contributed by atoms with van der Waals surface area (Å²) in [6.45, 7) is 1.91. The Morgan fingerprint density at radius 3 is 2.67 bits per heavy atom. The fourth-order valence-electron chi connectivity index (χ4n) is 2.03. The maximum atomic E-state index is 13.5. The third-order valence-corrected chi connectivity index (χ3v) is 3.08. The molecule has 3 aromatic rings. The predicted octanol–water partition coefficient (Wildman–Crippen LogP) is 4.27. The Morgan fingerprint density at radius 1 is 1.10 bits per heavy atom. The van der Waals surface area contributed by atoms with E-state index in [9.17, 15) is 13.6 Å². The van der Waals surface area contributed by atoms with Gasteiger partial charge in [0.1, 0.15) is 17.2 Å². The van der Waals surface area contributed by atoms with E-state index in [1.165, 1.54) is 0 Å². The quantitative estimate of drug-likeness (QED) is 0.764. The van der Waals surface area contributed by atoms with Gasteiger partial charge in [-0.05, 0) is 36.8 Å². The summed E-state index contributed by atoms with van der Waals surface area (Å²) in [7, 11) is 0. The Balaban J connectivity index is 1.89. The minimum Gasteiger partial charge on any atom is -0.451 e. The van der Waals surface area contributed by atoms with Crippen LogP contribution in [0.25, 0.3) is 11.0 Å². The number of furan rings is 1. The van der Waals surface area contributed by atoms with E-state index in [4.69, 9.17) is 4.42 Å². The molecule has 3 rings (SSSR count). The standard InChI is InChI=1S/C16H11F2NO2/c1-9-2-3-10-7-15(21-14(10)6-9)16(20)19-13-5-4-11(17)8-12(13)18/h2-8H,1H3,(H,19,20). The van der Waals surface area contributed by atoms with Crippen molar-refractivity contribution in [1.82, 2.24) is 0 Å². The number of hydrogen-bond donors (Lipinski definition) is 1. The van der Waals surface area contributed by atoms with E-state index < -0.39 is 17.5 Å². The van der Waals surface area contributed by atoms with Crippen molar-refractivity contribution in [3.05, 3.63) is 65.4 Å². The molecular formula is C16H11F2NO2. The lowest BCUT2D eigenvalue weighted by Gasteiger charge is -2.04. The zero-order valence-electron chi connectivity index (χ0n) is 11.1. The van der Waals surface area contributed by atoms with Gasteiger partial charge in [-0.15, -0.1) is 0 Å². The third kappa shape index (κ3) is 2.63. The van der Waals surface area contributed by atoms with Crippen molar-refractivity contribution in [3.8, 4) is 0 Å². The smallest absolute Gasteiger partial charge is 0.291 e. The summed E-state index contributed by atoms with van der Waals surface area (Å²) in [5.74, 6) is -2.06. The van der Waals surface area contributed by atoms with Crippen molar-refractivity contribution < 1.29 is 18.0 Å². The average molecular weight is 287 g/mol. The minimum atomic E-state index is -0.838. The van der Waals surface area contributed by atoms with Gasteiger partial charge in [-0.25, -0.2) is 8.78 Å². The molecule has 0 fully saturated rings. The largest absolute Gasteiger partial charge is 0.451 e. The summed E-state index contributed by atoms with van der Waals surface area (Å²) in [6, 6.07) is 10.1. The highest BCUT2D eigenvalue weighted by atomic mass is 19.1. The van der Waals surface area contributed by atoms with Crippen LogP contribution in [0.3, 0.4) is 0 Å². The monoisotopic (exact) mass is 287 g/mol. The molecule has 1 heterocycles. The van der Waals surface area contributed by atoms with Gasteiger partial charge >= 0.3 is 0 Å². The first-order valence-electron chi connectivity index (χ1n) is 6.29. The van der Waals surface area contributed by atoms with Crippen LogP contribution in [-0.2, 0) is 0 Å². The molecule has 0 radical (unpaired) electrons. The number of carbonyl (C=O) groups excluding carboxylic acids is 1. The van der Waals surface area contributed by atoms with E-state index in [0.29, 0.717) is 11.6 Å². The lowest BCUT2D eigenvalue weighted by atomic mass is 10.2. The fraction of sp³-hybridized carbons (Fsp3) is 0.0625. The zero-order valence-corrected chi connectivity index (χ0v) is 11.1. The second-order valence-electron chi connectivity index (χ2n) is 4.73. The molecule has 0 saturated heterocycles. The van der Waals surface area contributed by atoms with Crippen LogP contribution in [0.15, 0.2) is 46.9 Å². The molecule has 0 spiro atoms. The first-order chi connectivity index (χ1) is 10.0. The molecule has 0 unspecified atom stereocenters. The molecule has 3 nitrogen and oxygen atoms in total. The van der Waals surface area contributed by atoms with Crippen LogP contribution in [0.2, 0.25) is 0 Å². The van der Waals surface area contributed by atoms with Crippen molar-refractivity contribution in [2.75, 3.05) is 5.32 Å². The lowest BCUT2D eigenvalue weighted by Crippen LogP contribution is -2.12. The third-order valence-electron chi connectivity index (χ3n) is 3.08. The fourth-order valence-corrected chi connectivity index (χ4v) is 2.03. The van der Waals surface area contributed by atoms with Crippen LogP contribution < -0.4 is 5.32 Å². The molecule has 0 saturated carbocycles. The molecule has 0 bridgehead atoms. The maximum absolute atomic E-state index is 13.5. The number of halogens is 2. The summed E-state index contributed by atoms with van der Waals surface area (Å²) >= 11 is 0. The molecular weight excluding hydrogens is 276 g/mol. The zero-order chi connectivity index (χ0) is 15.0. The van der Waals surface area contributed by atoms with Crippen LogP contribution in [0.5, 0.6) is 0 Å². The molecule has 0 atom stereocenters. The number of anilines is 1. The number of fused-ring (bicyclic) bond motifs is 1. The molecule has 5 heteroatoms. The van der Waals surface area contributed by atoms with Gasteiger partial charge in [-0.3, -0.25) is 4.79 Å². The Labute approximate surface area is 119 Å². The summed E-state index contributed by atoms with van der Waals surface area (Å²) < 4.78 is 31.8. The molecule has 1 aromatic heterocycles. The second kappa shape index (κ2) is 5.01. The van der Waals surface area contributed by atoms with Crippen LogP contribution in [0.4, 0.5) is 14.5 Å². The van der Waals surface area contributed by atoms with E-state index in [2.05, 4.69) is 5.32 Å². The van der Waals surface area contributed by atoms with E-state index >= 15 is 0 Å². The van der Waals surface area contributed by atoms with Crippen LogP contribution in [0, 0.1) is 18.6 Å². The Morgan fingerprint density at radius 2 is 1.90 bits per heavy atom. The SMILES string of the molecule is Cc1ccc2cc(C(=O)Nc3ccc(F)cc3F)oc2c1. The van der Waals surface area contributed by atoms with E-state index in [-0.39, 0.29) is 11.4 Å². The highest BCUT2D eigenvalue weighted by molar-refractivity contribution is 6.04. The van der Waals surface area contributed by atoms with Crippen LogP contribution >= 0.6 is 0 Å². The van der Waals surface area contributed by atoms with Crippen molar-refractivity contribution in [1.29, 1.82) is 0 Å². The first kappa shape index (κ1) is 13.3. The highest BCUT2D eigenvalue weighted by Gasteiger charge is 2.14. The van der Waals surface area contributed by atoms with E-state index in [1.54, 1.807) is 6.07 Å². The number of nitrogens with one attached hydrogen (secondary N) is 1. The molecule has 106 valence electrons. The van der Waals surface area contributed by atoms with E-state index in [1.807, 2.05) is 25.1 Å². The predicted molar refractivity (Wildman–Crippen MR) is 75.3 cm³/mol. The van der Waals surface area contributed by atoms with Crippen molar-refractivity contribution >= 4 is 22.6 Å². The topological polar surface area (TPSA) is 42.2 Å². The van der Waals surface area contributed by atoms with Gasteiger partial charge in [0.05, 0.1) is 5.69 Å².